The average molecular weight is 258 g/mol. The summed E-state index contributed by atoms with van der Waals surface area (Å²) in [5.74, 6) is 0.441. The molecule has 1 saturated heterocycles. The van der Waals surface area contributed by atoms with E-state index in [1.807, 2.05) is 31.2 Å². The molecule has 1 aromatic rings. The van der Waals surface area contributed by atoms with Gasteiger partial charge in [-0.05, 0) is 11.6 Å². The van der Waals surface area contributed by atoms with Gasteiger partial charge in [-0.2, -0.15) is 0 Å². The van der Waals surface area contributed by atoms with Crippen molar-refractivity contribution >= 4 is 5.97 Å². The van der Waals surface area contributed by atoms with Crippen LogP contribution in [0.1, 0.15) is 12.5 Å². The molecule has 1 fully saturated rings. The summed E-state index contributed by atoms with van der Waals surface area (Å²) in [7, 11) is 0. The number of carbonyl (C=O) groups excluding carboxylic acids is 1. The van der Waals surface area contributed by atoms with Gasteiger partial charge >= 0.3 is 5.97 Å². The van der Waals surface area contributed by atoms with E-state index >= 15 is 0 Å². The van der Waals surface area contributed by atoms with Crippen molar-refractivity contribution in [3.63, 3.8) is 0 Å². The van der Waals surface area contributed by atoms with Crippen LogP contribution in [0.3, 0.4) is 0 Å². The molecule has 100 valence electrons. The molecule has 0 saturated carbocycles. The average Bonchev–Trinajstić information content (AvgIpc) is 2.93. The van der Waals surface area contributed by atoms with Crippen LogP contribution < -0.4 is 0 Å². The standard InChI is InChI=1S/C16H18O3/c1-11-15-13(7-8-14(15)19-16(11)17)10-18-9-12-5-3-2-4-6-12/h2-8,11,13-15H,9-10H2,1H3/t11-,13-,14-,15+/m0/s1. The summed E-state index contributed by atoms with van der Waals surface area (Å²) in [4.78, 5) is 11.5. The molecular weight excluding hydrogens is 240 g/mol. The van der Waals surface area contributed by atoms with Crippen molar-refractivity contribution in [3.05, 3.63) is 48.0 Å². The Morgan fingerprint density at radius 2 is 2.00 bits per heavy atom. The predicted octanol–water partition coefficient (Wildman–Crippen LogP) is 2.57. The molecule has 3 nitrogen and oxygen atoms in total. The van der Waals surface area contributed by atoms with Crippen molar-refractivity contribution in [3.8, 4) is 0 Å². The predicted molar refractivity (Wildman–Crippen MR) is 71.3 cm³/mol. The van der Waals surface area contributed by atoms with E-state index in [0.29, 0.717) is 13.2 Å². The minimum Gasteiger partial charge on any atom is -0.458 e. The van der Waals surface area contributed by atoms with Crippen molar-refractivity contribution in [2.24, 2.45) is 17.8 Å². The molecule has 19 heavy (non-hydrogen) atoms. The van der Waals surface area contributed by atoms with Gasteiger partial charge in [0.2, 0.25) is 0 Å². The highest BCUT2D eigenvalue weighted by atomic mass is 16.6. The molecule has 3 rings (SSSR count). The van der Waals surface area contributed by atoms with Crippen LogP contribution in [0, 0.1) is 17.8 Å². The second-order valence-electron chi connectivity index (χ2n) is 5.32. The Kier molecular flexibility index (Phi) is 3.38. The minimum absolute atomic E-state index is 0.0228. The fourth-order valence-electron chi connectivity index (χ4n) is 2.98. The number of benzene rings is 1. The first kappa shape index (κ1) is 12.4. The highest BCUT2D eigenvalue weighted by molar-refractivity contribution is 5.75. The first-order chi connectivity index (χ1) is 9.25. The summed E-state index contributed by atoms with van der Waals surface area (Å²) in [5, 5.41) is 0. The maximum atomic E-state index is 11.5. The van der Waals surface area contributed by atoms with Gasteiger partial charge in [-0.3, -0.25) is 4.79 Å². The van der Waals surface area contributed by atoms with Crippen molar-refractivity contribution in [1.82, 2.24) is 0 Å². The summed E-state index contributed by atoms with van der Waals surface area (Å²) < 4.78 is 11.1. The van der Waals surface area contributed by atoms with Gasteiger partial charge in [0.25, 0.3) is 0 Å². The van der Waals surface area contributed by atoms with Crippen LogP contribution in [0.2, 0.25) is 0 Å². The molecule has 0 spiro atoms. The first-order valence-electron chi connectivity index (χ1n) is 6.76. The molecule has 0 N–H and O–H groups in total. The smallest absolute Gasteiger partial charge is 0.309 e. The fraction of sp³-hybridized carbons (Fsp3) is 0.438. The lowest BCUT2D eigenvalue weighted by molar-refractivity contribution is -0.142. The number of fused-ring (bicyclic) bond motifs is 1. The number of esters is 1. The molecule has 1 aliphatic heterocycles. The molecule has 4 atom stereocenters. The number of hydrogen-bond acceptors (Lipinski definition) is 3. The lowest BCUT2D eigenvalue weighted by Crippen LogP contribution is -2.24. The zero-order valence-electron chi connectivity index (χ0n) is 11.0. The van der Waals surface area contributed by atoms with E-state index in [0.717, 1.165) is 0 Å². The Hall–Kier alpha value is -1.61. The van der Waals surface area contributed by atoms with E-state index in [2.05, 4.69) is 18.2 Å². The van der Waals surface area contributed by atoms with Gasteiger partial charge in [0.1, 0.15) is 6.10 Å². The molecule has 1 aliphatic carbocycles. The number of carbonyl (C=O) groups is 1. The molecule has 0 radical (unpaired) electrons. The fourth-order valence-corrected chi connectivity index (χ4v) is 2.98. The molecule has 0 bridgehead atoms. The topological polar surface area (TPSA) is 35.5 Å². The monoisotopic (exact) mass is 258 g/mol. The third-order valence-electron chi connectivity index (χ3n) is 4.04. The Bertz CT molecular complexity index is 480. The third-order valence-corrected chi connectivity index (χ3v) is 4.04. The van der Waals surface area contributed by atoms with Crippen molar-refractivity contribution in [1.29, 1.82) is 0 Å². The van der Waals surface area contributed by atoms with E-state index in [-0.39, 0.29) is 29.8 Å². The maximum absolute atomic E-state index is 11.5. The molecule has 0 aromatic heterocycles. The van der Waals surface area contributed by atoms with Crippen LogP contribution >= 0.6 is 0 Å². The Balaban J connectivity index is 1.54. The molecule has 1 heterocycles. The van der Waals surface area contributed by atoms with Gasteiger partial charge in [-0.1, -0.05) is 43.3 Å². The molecular formula is C16H18O3. The van der Waals surface area contributed by atoms with Gasteiger partial charge in [-0.25, -0.2) is 0 Å². The second-order valence-corrected chi connectivity index (χ2v) is 5.32. The number of rotatable bonds is 4. The maximum Gasteiger partial charge on any atom is 0.309 e. The Labute approximate surface area is 113 Å². The summed E-state index contributed by atoms with van der Waals surface area (Å²) in [6.45, 7) is 3.21. The van der Waals surface area contributed by atoms with Gasteiger partial charge < -0.3 is 9.47 Å². The minimum atomic E-state index is -0.0765. The van der Waals surface area contributed by atoms with E-state index in [1.54, 1.807) is 0 Å². The zero-order valence-corrected chi connectivity index (χ0v) is 11.0. The Morgan fingerprint density at radius 1 is 1.21 bits per heavy atom. The number of hydrogen-bond donors (Lipinski definition) is 0. The summed E-state index contributed by atoms with van der Waals surface area (Å²) in [6.07, 6.45) is 4.10. The van der Waals surface area contributed by atoms with Crippen LogP contribution in [0.25, 0.3) is 0 Å². The molecule has 3 heteroatoms. The lowest BCUT2D eigenvalue weighted by Gasteiger charge is -2.19. The quantitative estimate of drug-likeness (QED) is 0.615. The lowest BCUT2D eigenvalue weighted by atomic mass is 9.85. The number of ether oxygens (including phenoxy) is 2. The SMILES string of the molecule is C[C@@H]1C(=O)O[C@H]2C=C[C@@H](COCc3ccccc3)[C@H]21. The molecule has 2 aliphatic rings. The van der Waals surface area contributed by atoms with E-state index in [1.165, 1.54) is 5.56 Å². The van der Waals surface area contributed by atoms with Gasteiger partial charge in [0.15, 0.2) is 0 Å². The summed E-state index contributed by atoms with van der Waals surface area (Å²) >= 11 is 0. The van der Waals surface area contributed by atoms with Crippen LogP contribution in [0.15, 0.2) is 42.5 Å². The summed E-state index contributed by atoms with van der Waals surface area (Å²) in [5.41, 5.74) is 1.17. The van der Waals surface area contributed by atoms with E-state index in [9.17, 15) is 4.79 Å². The highest BCUT2D eigenvalue weighted by Crippen LogP contribution is 2.40. The van der Waals surface area contributed by atoms with Gasteiger partial charge in [0, 0.05) is 11.8 Å². The van der Waals surface area contributed by atoms with Crippen LogP contribution in [-0.4, -0.2) is 18.7 Å². The van der Waals surface area contributed by atoms with Crippen molar-refractivity contribution in [2.75, 3.05) is 6.61 Å². The van der Waals surface area contributed by atoms with Crippen LogP contribution in [0.4, 0.5) is 0 Å². The normalized spacial score (nSPS) is 32.4. The zero-order chi connectivity index (χ0) is 13.2. The van der Waals surface area contributed by atoms with Crippen molar-refractivity contribution < 1.29 is 14.3 Å². The summed E-state index contributed by atoms with van der Waals surface area (Å²) in [6, 6.07) is 10.1. The van der Waals surface area contributed by atoms with Crippen molar-refractivity contribution in [2.45, 2.75) is 19.6 Å². The molecule has 1 aromatic carbocycles. The molecule has 0 unspecified atom stereocenters. The van der Waals surface area contributed by atoms with E-state index in [4.69, 9.17) is 9.47 Å². The van der Waals surface area contributed by atoms with Gasteiger partial charge in [-0.15, -0.1) is 0 Å². The van der Waals surface area contributed by atoms with Crippen LogP contribution in [0.5, 0.6) is 0 Å². The van der Waals surface area contributed by atoms with Crippen LogP contribution in [-0.2, 0) is 20.9 Å². The Morgan fingerprint density at radius 3 is 2.79 bits per heavy atom. The molecule has 0 amide bonds. The third kappa shape index (κ3) is 2.43. The van der Waals surface area contributed by atoms with Gasteiger partial charge in [0.05, 0.1) is 19.1 Å². The van der Waals surface area contributed by atoms with E-state index < -0.39 is 0 Å². The largest absolute Gasteiger partial charge is 0.458 e. The second kappa shape index (κ2) is 5.17. The first-order valence-corrected chi connectivity index (χ1v) is 6.76. The highest BCUT2D eigenvalue weighted by Gasteiger charge is 2.47.